The number of aromatic nitrogens is 1. The quantitative estimate of drug-likeness (QED) is 0.709. The molecule has 5 nitrogen and oxygen atoms in total. The number of aromatic amines is 1. The molecule has 1 saturated heterocycles. The number of rotatable bonds is 5. The zero-order valence-corrected chi connectivity index (χ0v) is 15.0. The molecule has 0 spiro atoms. The summed E-state index contributed by atoms with van der Waals surface area (Å²) < 4.78 is 27.2. The minimum Gasteiger partial charge on any atom is -0.361 e. The number of fused-ring (bicyclic) bond motifs is 1. The Morgan fingerprint density at radius 2 is 2.04 bits per heavy atom. The van der Waals surface area contributed by atoms with Crippen LogP contribution in [0.4, 0.5) is 14.5 Å². The second-order valence-corrected chi connectivity index (χ2v) is 6.96. The van der Waals surface area contributed by atoms with Crippen molar-refractivity contribution >= 4 is 28.4 Å². The molecule has 144 valence electrons. The summed E-state index contributed by atoms with van der Waals surface area (Å²) >= 11 is 0. The molecule has 4 rings (SSSR count). The Bertz CT molecular complexity index is 1050. The third-order valence-electron chi connectivity index (χ3n) is 5.10. The van der Waals surface area contributed by atoms with E-state index in [2.05, 4.69) is 10.3 Å². The lowest BCUT2D eigenvalue weighted by molar-refractivity contribution is -0.128. The van der Waals surface area contributed by atoms with Gasteiger partial charge in [0, 0.05) is 36.6 Å². The molecule has 1 atom stereocenters. The van der Waals surface area contributed by atoms with E-state index in [1.165, 1.54) is 24.3 Å². The van der Waals surface area contributed by atoms with E-state index in [4.69, 9.17) is 0 Å². The summed E-state index contributed by atoms with van der Waals surface area (Å²) in [6.07, 6.45) is 2.46. The van der Waals surface area contributed by atoms with Crippen LogP contribution in [0.2, 0.25) is 0 Å². The Balaban J connectivity index is 1.38. The Kier molecular flexibility index (Phi) is 4.81. The lowest BCUT2D eigenvalue weighted by Crippen LogP contribution is -2.30. The predicted octanol–water partition coefficient (Wildman–Crippen LogP) is 3.48. The van der Waals surface area contributed by atoms with Gasteiger partial charge < -0.3 is 15.2 Å². The van der Waals surface area contributed by atoms with Crippen molar-refractivity contribution in [3.8, 4) is 0 Å². The molecule has 7 heteroatoms. The number of carbonyl (C=O) groups is 2. The molecular formula is C21H19F2N3O2. The fraction of sp³-hybridized carbons (Fsp3) is 0.238. The summed E-state index contributed by atoms with van der Waals surface area (Å²) in [4.78, 5) is 29.4. The van der Waals surface area contributed by atoms with Crippen LogP contribution in [-0.4, -0.2) is 34.8 Å². The number of carbonyl (C=O) groups excluding carboxylic acids is 2. The highest BCUT2D eigenvalue weighted by molar-refractivity contribution is 5.97. The van der Waals surface area contributed by atoms with Crippen LogP contribution in [0, 0.1) is 17.6 Å². The van der Waals surface area contributed by atoms with E-state index in [1.54, 1.807) is 23.1 Å². The molecule has 1 aromatic heterocycles. The Morgan fingerprint density at radius 3 is 2.86 bits per heavy atom. The van der Waals surface area contributed by atoms with E-state index in [0.29, 0.717) is 13.0 Å². The summed E-state index contributed by atoms with van der Waals surface area (Å²) in [7, 11) is 0. The minimum atomic E-state index is -0.521. The molecule has 3 aromatic rings. The fourth-order valence-corrected chi connectivity index (χ4v) is 3.57. The second kappa shape index (κ2) is 7.42. The highest BCUT2D eigenvalue weighted by atomic mass is 19.1. The maximum Gasteiger partial charge on any atom is 0.229 e. The first-order valence-electron chi connectivity index (χ1n) is 9.10. The van der Waals surface area contributed by atoms with Crippen LogP contribution < -0.4 is 5.32 Å². The number of para-hydroxylation sites is 1. The van der Waals surface area contributed by atoms with Crippen LogP contribution in [0.1, 0.15) is 12.0 Å². The molecule has 0 unspecified atom stereocenters. The molecule has 2 heterocycles. The second-order valence-electron chi connectivity index (χ2n) is 6.96. The highest BCUT2D eigenvalue weighted by Crippen LogP contribution is 2.24. The molecule has 0 aliphatic carbocycles. The maximum atomic E-state index is 13.7. The lowest BCUT2D eigenvalue weighted by Gasteiger charge is -2.16. The smallest absolute Gasteiger partial charge is 0.229 e. The van der Waals surface area contributed by atoms with Crippen molar-refractivity contribution in [3.63, 3.8) is 0 Å². The summed E-state index contributed by atoms with van der Waals surface area (Å²) in [5, 5.41) is 3.35. The molecular weight excluding hydrogens is 364 g/mol. The van der Waals surface area contributed by atoms with Gasteiger partial charge >= 0.3 is 0 Å². The number of nitrogens with zero attached hydrogens (tertiary/aromatic N) is 1. The van der Waals surface area contributed by atoms with Gasteiger partial charge in [0.2, 0.25) is 11.8 Å². The van der Waals surface area contributed by atoms with Crippen molar-refractivity contribution in [2.45, 2.75) is 12.8 Å². The first-order chi connectivity index (χ1) is 13.5. The van der Waals surface area contributed by atoms with Gasteiger partial charge in [-0.15, -0.1) is 0 Å². The lowest BCUT2D eigenvalue weighted by atomic mass is 10.1. The van der Waals surface area contributed by atoms with Gasteiger partial charge in [0.1, 0.15) is 11.6 Å². The van der Waals surface area contributed by atoms with E-state index >= 15 is 0 Å². The zero-order chi connectivity index (χ0) is 19.7. The molecule has 2 aromatic carbocycles. The number of likely N-dealkylation sites (tertiary alicyclic amines) is 1. The largest absolute Gasteiger partial charge is 0.361 e. The van der Waals surface area contributed by atoms with Crippen LogP contribution in [0.15, 0.2) is 48.7 Å². The summed E-state index contributed by atoms with van der Waals surface area (Å²) in [6.45, 7) is 0.724. The van der Waals surface area contributed by atoms with E-state index in [-0.39, 0.29) is 36.3 Å². The van der Waals surface area contributed by atoms with Crippen LogP contribution in [0.25, 0.3) is 10.9 Å². The van der Waals surface area contributed by atoms with Gasteiger partial charge in [0.15, 0.2) is 0 Å². The van der Waals surface area contributed by atoms with E-state index < -0.39 is 11.7 Å². The first kappa shape index (κ1) is 18.2. The molecule has 1 aliphatic heterocycles. The number of hydrogen-bond acceptors (Lipinski definition) is 2. The molecule has 0 saturated carbocycles. The predicted molar refractivity (Wildman–Crippen MR) is 102 cm³/mol. The average molecular weight is 383 g/mol. The highest BCUT2D eigenvalue weighted by Gasteiger charge is 2.34. The van der Waals surface area contributed by atoms with Crippen molar-refractivity contribution in [2.75, 3.05) is 18.4 Å². The molecule has 28 heavy (non-hydrogen) atoms. The maximum absolute atomic E-state index is 13.7. The molecule has 2 amide bonds. The summed E-state index contributed by atoms with van der Waals surface area (Å²) in [6, 6.07) is 10.5. The number of nitrogens with one attached hydrogen (secondary N) is 2. The molecule has 0 radical (unpaired) electrons. The zero-order valence-electron chi connectivity index (χ0n) is 15.0. The third-order valence-corrected chi connectivity index (χ3v) is 5.10. The number of amides is 2. The Labute approximate surface area is 160 Å². The van der Waals surface area contributed by atoms with Gasteiger partial charge in [-0.25, -0.2) is 8.78 Å². The van der Waals surface area contributed by atoms with Crippen LogP contribution in [0.3, 0.4) is 0 Å². The van der Waals surface area contributed by atoms with Crippen molar-refractivity contribution in [1.29, 1.82) is 0 Å². The molecule has 0 bridgehead atoms. The van der Waals surface area contributed by atoms with Crippen LogP contribution >= 0.6 is 0 Å². The number of halogens is 2. The average Bonchev–Trinajstić information content (AvgIpc) is 3.25. The van der Waals surface area contributed by atoms with Crippen molar-refractivity contribution in [3.05, 3.63) is 65.9 Å². The monoisotopic (exact) mass is 383 g/mol. The van der Waals surface area contributed by atoms with Crippen LogP contribution in [-0.2, 0) is 16.0 Å². The van der Waals surface area contributed by atoms with Crippen LogP contribution in [0.5, 0.6) is 0 Å². The van der Waals surface area contributed by atoms with Gasteiger partial charge in [-0.05, 0) is 42.3 Å². The number of benzene rings is 2. The number of hydrogen-bond donors (Lipinski definition) is 2. The van der Waals surface area contributed by atoms with Gasteiger partial charge in [-0.3, -0.25) is 9.59 Å². The van der Waals surface area contributed by atoms with E-state index in [0.717, 1.165) is 16.5 Å². The van der Waals surface area contributed by atoms with Gasteiger partial charge in [0.05, 0.1) is 11.6 Å². The van der Waals surface area contributed by atoms with Crippen molar-refractivity contribution < 1.29 is 18.4 Å². The Morgan fingerprint density at radius 1 is 1.21 bits per heavy atom. The van der Waals surface area contributed by atoms with Crippen molar-refractivity contribution in [1.82, 2.24) is 9.88 Å². The standard InChI is InChI=1S/C21H19F2N3O2/c22-15-5-6-18-16(10-15)13(11-24-18)7-8-26-12-14(9-20(26)27)21(28)25-19-4-2-1-3-17(19)23/h1-6,10-11,14,24H,7-9,12H2,(H,25,28)/t14-/m1/s1. The SMILES string of the molecule is O=C(Nc1ccccc1F)[C@@H]1CC(=O)N(CCc2c[nH]c3ccc(F)cc23)C1. The third kappa shape index (κ3) is 3.60. The number of anilines is 1. The summed E-state index contributed by atoms with van der Waals surface area (Å²) in [5.41, 5.74) is 1.87. The first-order valence-corrected chi connectivity index (χ1v) is 9.10. The van der Waals surface area contributed by atoms with Gasteiger partial charge in [-0.2, -0.15) is 0 Å². The summed E-state index contributed by atoms with van der Waals surface area (Å²) in [5.74, 6) is -1.82. The molecule has 1 aliphatic rings. The van der Waals surface area contributed by atoms with Gasteiger partial charge in [0.25, 0.3) is 0 Å². The van der Waals surface area contributed by atoms with E-state index in [9.17, 15) is 18.4 Å². The minimum absolute atomic E-state index is 0.1000. The fourth-order valence-electron chi connectivity index (χ4n) is 3.57. The number of H-pyrrole nitrogens is 1. The molecule has 1 fully saturated rings. The van der Waals surface area contributed by atoms with E-state index in [1.807, 2.05) is 6.20 Å². The van der Waals surface area contributed by atoms with Gasteiger partial charge in [-0.1, -0.05) is 12.1 Å². The topological polar surface area (TPSA) is 65.2 Å². The normalized spacial score (nSPS) is 16.7. The Hall–Kier alpha value is -3.22. The molecule has 2 N–H and O–H groups in total. The van der Waals surface area contributed by atoms with Crippen molar-refractivity contribution in [2.24, 2.45) is 5.92 Å².